The average molecular weight is 280 g/mol. The van der Waals surface area contributed by atoms with Gasteiger partial charge in [-0.2, -0.15) is 0 Å². The van der Waals surface area contributed by atoms with Crippen LogP contribution in [0.4, 0.5) is 0 Å². The number of piperazine rings is 1. The zero-order chi connectivity index (χ0) is 13.8. The predicted molar refractivity (Wildman–Crippen MR) is 84.8 cm³/mol. The maximum Gasteiger partial charge on any atom is 0.0332 e. The molecule has 1 aromatic heterocycles. The first kappa shape index (κ1) is 15.0. The Morgan fingerprint density at radius 1 is 1.32 bits per heavy atom. The van der Waals surface area contributed by atoms with Crippen LogP contribution in [0, 0.1) is 5.92 Å². The highest BCUT2D eigenvalue weighted by Gasteiger charge is 2.29. The van der Waals surface area contributed by atoms with Crippen molar-refractivity contribution in [1.82, 2.24) is 10.2 Å². The molecule has 1 aliphatic rings. The fourth-order valence-electron chi connectivity index (χ4n) is 2.91. The van der Waals surface area contributed by atoms with Crippen LogP contribution in [0.15, 0.2) is 12.1 Å². The van der Waals surface area contributed by atoms with Gasteiger partial charge >= 0.3 is 0 Å². The maximum atomic E-state index is 3.69. The smallest absolute Gasteiger partial charge is 0.0332 e. The van der Waals surface area contributed by atoms with Crippen LogP contribution in [-0.4, -0.2) is 30.1 Å². The summed E-state index contributed by atoms with van der Waals surface area (Å²) in [6.07, 6.45) is 2.39. The summed E-state index contributed by atoms with van der Waals surface area (Å²) >= 11 is 1.99. The van der Waals surface area contributed by atoms with Crippen molar-refractivity contribution in [3.8, 4) is 0 Å². The van der Waals surface area contributed by atoms with Crippen molar-refractivity contribution in [3.63, 3.8) is 0 Å². The van der Waals surface area contributed by atoms with Crippen molar-refractivity contribution >= 4 is 11.3 Å². The van der Waals surface area contributed by atoms with Crippen molar-refractivity contribution in [1.29, 1.82) is 0 Å². The first-order valence-electron chi connectivity index (χ1n) is 7.69. The lowest BCUT2D eigenvalue weighted by molar-refractivity contribution is 0.0910. The Bertz CT molecular complexity index is 386. The SMILES string of the molecule is CCc1ccc(CN2CC(CC)NCC2C(C)C)s1. The number of nitrogens with one attached hydrogen (secondary N) is 1. The number of hydrogen-bond donors (Lipinski definition) is 1. The minimum atomic E-state index is 0.667. The van der Waals surface area contributed by atoms with Crippen LogP contribution in [-0.2, 0) is 13.0 Å². The fourth-order valence-corrected chi connectivity index (χ4v) is 3.89. The van der Waals surface area contributed by atoms with Crippen molar-refractivity contribution in [3.05, 3.63) is 21.9 Å². The van der Waals surface area contributed by atoms with E-state index in [1.54, 1.807) is 0 Å². The normalized spacial score (nSPS) is 25.1. The zero-order valence-corrected chi connectivity index (χ0v) is 13.6. The van der Waals surface area contributed by atoms with Crippen LogP contribution in [0.1, 0.15) is 43.9 Å². The molecule has 2 unspecified atom stereocenters. The summed E-state index contributed by atoms with van der Waals surface area (Å²) < 4.78 is 0. The molecule has 0 bridgehead atoms. The van der Waals surface area contributed by atoms with E-state index in [0.29, 0.717) is 12.1 Å². The second kappa shape index (κ2) is 6.87. The third kappa shape index (κ3) is 3.80. The van der Waals surface area contributed by atoms with Gasteiger partial charge in [-0.05, 0) is 30.9 Å². The van der Waals surface area contributed by atoms with Crippen LogP contribution in [0.2, 0.25) is 0 Å². The molecule has 0 radical (unpaired) electrons. The minimum Gasteiger partial charge on any atom is -0.311 e. The van der Waals surface area contributed by atoms with Crippen molar-refractivity contribution in [2.24, 2.45) is 5.92 Å². The highest BCUT2D eigenvalue weighted by Crippen LogP contribution is 2.23. The summed E-state index contributed by atoms with van der Waals surface area (Å²) in [6, 6.07) is 5.96. The molecule has 1 fully saturated rings. The average Bonchev–Trinajstić information content (AvgIpc) is 2.86. The topological polar surface area (TPSA) is 15.3 Å². The molecule has 108 valence electrons. The molecule has 0 aliphatic carbocycles. The number of rotatable bonds is 5. The molecule has 2 rings (SSSR count). The highest BCUT2D eigenvalue weighted by molar-refractivity contribution is 7.11. The van der Waals surface area contributed by atoms with E-state index in [-0.39, 0.29) is 0 Å². The van der Waals surface area contributed by atoms with Crippen LogP contribution >= 0.6 is 11.3 Å². The van der Waals surface area contributed by atoms with Crippen LogP contribution < -0.4 is 5.32 Å². The standard InChI is InChI=1S/C16H28N2S/c1-5-13-10-18(16(9-17-13)12(3)4)11-15-8-7-14(6-2)19-15/h7-8,12-13,16-17H,5-6,9-11H2,1-4H3. The third-order valence-corrected chi connectivity index (χ3v) is 5.44. The van der Waals surface area contributed by atoms with Gasteiger partial charge in [0.1, 0.15) is 0 Å². The molecule has 1 aliphatic heterocycles. The van der Waals surface area contributed by atoms with E-state index in [0.717, 1.165) is 25.4 Å². The third-order valence-electron chi connectivity index (χ3n) is 4.23. The lowest BCUT2D eigenvalue weighted by Crippen LogP contribution is -2.57. The largest absolute Gasteiger partial charge is 0.311 e. The van der Waals surface area contributed by atoms with Gasteiger partial charge in [0.2, 0.25) is 0 Å². The summed E-state index contributed by atoms with van der Waals surface area (Å²) in [4.78, 5) is 5.73. The molecule has 0 aromatic carbocycles. The second-order valence-corrected chi connectivity index (χ2v) is 7.23. The van der Waals surface area contributed by atoms with Gasteiger partial charge < -0.3 is 5.32 Å². The van der Waals surface area contributed by atoms with Gasteiger partial charge in [-0.25, -0.2) is 0 Å². The van der Waals surface area contributed by atoms with Gasteiger partial charge in [-0.1, -0.05) is 27.7 Å². The number of hydrogen-bond acceptors (Lipinski definition) is 3. The van der Waals surface area contributed by atoms with E-state index in [1.807, 2.05) is 11.3 Å². The number of nitrogens with zero attached hydrogens (tertiary/aromatic N) is 1. The van der Waals surface area contributed by atoms with Gasteiger partial charge in [0, 0.05) is 41.5 Å². The Balaban J connectivity index is 2.04. The molecule has 1 N–H and O–H groups in total. The van der Waals surface area contributed by atoms with E-state index in [1.165, 1.54) is 22.7 Å². The van der Waals surface area contributed by atoms with E-state index >= 15 is 0 Å². The van der Waals surface area contributed by atoms with Crippen molar-refractivity contribution < 1.29 is 0 Å². The van der Waals surface area contributed by atoms with Gasteiger partial charge in [-0.3, -0.25) is 4.90 Å². The number of aryl methyl sites for hydroxylation is 1. The second-order valence-electron chi connectivity index (χ2n) is 5.98. The van der Waals surface area contributed by atoms with Gasteiger partial charge in [0.15, 0.2) is 0 Å². The first-order valence-corrected chi connectivity index (χ1v) is 8.50. The van der Waals surface area contributed by atoms with Crippen LogP contribution in [0.25, 0.3) is 0 Å². The Kier molecular flexibility index (Phi) is 5.43. The van der Waals surface area contributed by atoms with Gasteiger partial charge in [-0.15, -0.1) is 11.3 Å². The molecular weight excluding hydrogens is 252 g/mol. The predicted octanol–water partition coefficient (Wildman–Crippen LogP) is 3.52. The van der Waals surface area contributed by atoms with E-state index in [9.17, 15) is 0 Å². The molecule has 0 amide bonds. The molecule has 19 heavy (non-hydrogen) atoms. The summed E-state index contributed by atoms with van der Waals surface area (Å²) in [5, 5.41) is 3.69. The maximum absolute atomic E-state index is 3.69. The van der Waals surface area contributed by atoms with E-state index < -0.39 is 0 Å². The summed E-state index contributed by atoms with van der Waals surface area (Å²) in [5.41, 5.74) is 0. The lowest BCUT2D eigenvalue weighted by atomic mass is 9.97. The highest BCUT2D eigenvalue weighted by atomic mass is 32.1. The summed E-state index contributed by atoms with van der Waals surface area (Å²) in [5.74, 6) is 0.718. The molecule has 1 saturated heterocycles. The Labute approximate surface area is 122 Å². The molecular formula is C16H28N2S. The van der Waals surface area contributed by atoms with E-state index in [2.05, 4.69) is 50.0 Å². The fraction of sp³-hybridized carbons (Fsp3) is 0.750. The monoisotopic (exact) mass is 280 g/mol. The summed E-state index contributed by atoms with van der Waals surface area (Å²) in [6.45, 7) is 12.7. The molecule has 0 saturated carbocycles. The Morgan fingerprint density at radius 2 is 2.05 bits per heavy atom. The Morgan fingerprint density at radius 3 is 2.63 bits per heavy atom. The molecule has 3 heteroatoms. The molecule has 2 atom stereocenters. The first-order chi connectivity index (χ1) is 9.13. The molecule has 2 nitrogen and oxygen atoms in total. The lowest BCUT2D eigenvalue weighted by Gasteiger charge is -2.42. The van der Waals surface area contributed by atoms with Crippen LogP contribution in [0.3, 0.4) is 0 Å². The molecule has 0 spiro atoms. The summed E-state index contributed by atoms with van der Waals surface area (Å²) in [7, 11) is 0. The zero-order valence-electron chi connectivity index (χ0n) is 12.8. The Hall–Kier alpha value is -0.380. The van der Waals surface area contributed by atoms with Crippen LogP contribution in [0.5, 0.6) is 0 Å². The van der Waals surface area contributed by atoms with E-state index in [4.69, 9.17) is 0 Å². The van der Waals surface area contributed by atoms with Gasteiger partial charge in [0.25, 0.3) is 0 Å². The van der Waals surface area contributed by atoms with Crippen molar-refractivity contribution in [2.45, 2.75) is 59.2 Å². The van der Waals surface area contributed by atoms with Gasteiger partial charge in [0.05, 0.1) is 0 Å². The minimum absolute atomic E-state index is 0.667. The quantitative estimate of drug-likeness (QED) is 0.888. The molecule has 2 heterocycles. The number of thiophene rings is 1. The molecule has 1 aromatic rings. The van der Waals surface area contributed by atoms with Crippen molar-refractivity contribution in [2.75, 3.05) is 13.1 Å².